The van der Waals surface area contributed by atoms with Gasteiger partial charge in [0, 0.05) is 45.6 Å². The molecule has 0 atom stereocenters. The number of imidazole rings is 2. The second-order valence-electron chi connectivity index (χ2n) is 20.8. The zero-order valence-corrected chi connectivity index (χ0v) is 45.0. The van der Waals surface area contributed by atoms with Gasteiger partial charge in [-0.3, -0.25) is 14.1 Å². The summed E-state index contributed by atoms with van der Waals surface area (Å²) in [4.78, 5) is 34.4. The molecule has 78 heavy (non-hydrogen) atoms. The molecular formula is C69H61N9. The first-order valence-corrected chi connectivity index (χ1v) is 27.1. The average molecular weight is 1020 g/mol. The van der Waals surface area contributed by atoms with Crippen LogP contribution in [0.5, 0.6) is 0 Å². The molecule has 0 radical (unpaired) electrons. The number of nitrogens with zero attached hydrogens (tertiary/aromatic N) is 9. The average Bonchev–Trinajstić information content (AvgIpc) is 4.27. The van der Waals surface area contributed by atoms with Gasteiger partial charge in [0.15, 0.2) is 17.5 Å². The maximum absolute atomic E-state index is 5.39. The molecule has 0 saturated carbocycles. The summed E-state index contributed by atoms with van der Waals surface area (Å²) in [7, 11) is 0. The van der Waals surface area contributed by atoms with Crippen molar-refractivity contribution in [3.05, 3.63) is 241 Å². The summed E-state index contributed by atoms with van der Waals surface area (Å²) in [6.45, 7) is 14.6. The fraction of sp³-hybridized carbons (Fsp3) is 0.159. The van der Waals surface area contributed by atoms with E-state index in [-0.39, 0.29) is 0 Å². The van der Waals surface area contributed by atoms with Gasteiger partial charge in [-0.2, -0.15) is 0 Å². The number of benzene rings is 8. The lowest BCUT2D eigenvalue weighted by Gasteiger charge is -2.29. The summed E-state index contributed by atoms with van der Waals surface area (Å²) in [5.41, 5.74) is 16.4. The highest BCUT2D eigenvalue weighted by Gasteiger charge is 2.24. The topological polar surface area (TPSA) is 89.9 Å². The molecule has 11 aromatic rings. The maximum atomic E-state index is 5.39. The van der Waals surface area contributed by atoms with Crippen LogP contribution in [0.3, 0.4) is 0 Å². The number of amidine groups is 1. The largest absolute Gasteiger partial charge is 0.322 e. The molecule has 0 unspecified atom stereocenters. The molecule has 0 bridgehead atoms. The van der Waals surface area contributed by atoms with Gasteiger partial charge in [0.05, 0.1) is 40.0 Å². The van der Waals surface area contributed by atoms with Crippen LogP contribution in [0.4, 0.5) is 5.69 Å². The molecule has 0 aliphatic carbocycles. The van der Waals surface area contributed by atoms with Gasteiger partial charge in [0.2, 0.25) is 0 Å². The van der Waals surface area contributed by atoms with Crippen molar-refractivity contribution in [3.63, 3.8) is 0 Å². The Labute approximate surface area is 456 Å². The number of aliphatic imine (C=N–C) groups is 1. The Hall–Kier alpha value is -9.34. The van der Waals surface area contributed by atoms with Crippen LogP contribution >= 0.6 is 0 Å². The first kappa shape index (κ1) is 49.5. The van der Waals surface area contributed by atoms with E-state index in [9.17, 15) is 0 Å². The highest BCUT2D eigenvalue weighted by molar-refractivity contribution is 6.11. The van der Waals surface area contributed by atoms with Crippen LogP contribution in [0.1, 0.15) is 81.5 Å². The van der Waals surface area contributed by atoms with Crippen molar-refractivity contribution in [1.29, 1.82) is 0 Å². The van der Waals surface area contributed by atoms with E-state index in [2.05, 4.69) is 262 Å². The third kappa shape index (κ3) is 9.53. The number of hydrogen-bond acceptors (Lipinski definition) is 7. The van der Waals surface area contributed by atoms with Gasteiger partial charge < -0.3 is 4.90 Å². The first-order chi connectivity index (χ1) is 38.2. The molecule has 9 nitrogen and oxygen atoms in total. The molecule has 0 saturated heterocycles. The van der Waals surface area contributed by atoms with Crippen molar-refractivity contribution in [1.82, 2.24) is 34.1 Å². The number of anilines is 1. The van der Waals surface area contributed by atoms with Gasteiger partial charge in [-0.05, 0) is 95.1 Å². The van der Waals surface area contributed by atoms with Gasteiger partial charge >= 0.3 is 0 Å². The van der Waals surface area contributed by atoms with Crippen molar-refractivity contribution in [2.75, 3.05) is 18.0 Å². The van der Waals surface area contributed by atoms with Gasteiger partial charge in [0.25, 0.3) is 0 Å². The van der Waals surface area contributed by atoms with E-state index < -0.39 is 0 Å². The molecule has 0 fully saturated rings. The predicted molar refractivity (Wildman–Crippen MR) is 322 cm³/mol. The van der Waals surface area contributed by atoms with E-state index in [1.807, 2.05) is 12.1 Å². The lowest BCUT2D eigenvalue weighted by Crippen LogP contribution is -2.33. The normalized spacial score (nSPS) is 13.8. The third-order valence-corrected chi connectivity index (χ3v) is 14.6. The fourth-order valence-electron chi connectivity index (χ4n) is 10.8. The lowest BCUT2D eigenvalue weighted by molar-refractivity contribution is 0.850. The first-order valence-electron chi connectivity index (χ1n) is 27.1. The van der Waals surface area contributed by atoms with Crippen LogP contribution in [0.15, 0.2) is 223 Å². The van der Waals surface area contributed by atoms with E-state index in [1.54, 1.807) is 0 Å². The van der Waals surface area contributed by atoms with E-state index in [0.717, 1.165) is 90.0 Å². The highest BCUT2D eigenvalue weighted by Crippen LogP contribution is 2.38. The quantitative estimate of drug-likeness (QED) is 0.121. The molecule has 9 heteroatoms. The molecule has 0 spiro atoms. The summed E-state index contributed by atoms with van der Waals surface area (Å²) in [5, 5.41) is 0. The number of allylic oxidation sites excluding steroid dienone is 2. The fourth-order valence-corrected chi connectivity index (χ4v) is 10.8. The predicted octanol–water partition coefficient (Wildman–Crippen LogP) is 16.6. The van der Waals surface area contributed by atoms with E-state index in [1.165, 1.54) is 16.7 Å². The molecule has 12 rings (SSSR count). The van der Waals surface area contributed by atoms with E-state index >= 15 is 0 Å². The summed E-state index contributed by atoms with van der Waals surface area (Å²) in [6, 6.07) is 68.1. The molecule has 0 N–H and O–H groups in total. The Morgan fingerprint density at radius 1 is 0.359 bits per heavy atom. The molecule has 0 amide bonds. The number of hydrogen-bond donors (Lipinski definition) is 0. The Morgan fingerprint density at radius 2 is 0.744 bits per heavy atom. The molecule has 3 aromatic heterocycles. The van der Waals surface area contributed by atoms with Crippen molar-refractivity contribution in [2.24, 2.45) is 4.99 Å². The summed E-state index contributed by atoms with van der Waals surface area (Å²) in [5.74, 6) is 5.09. The van der Waals surface area contributed by atoms with Crippen LogP contribution in [0.25, 0.3) is 90.4 Å². The van der Waals surface area contributed by atoms with Crippen LogP contribution < -0.4 is 4.90 Å². The van der Waals surface area contributed by atoms with E-state index in [4.69, 9.17) is 29.9 Å². The van der Waals surface area contributed by atoms with Crippen molar-refractivity contribution in [3.8, 4) is 68.3 Å². The van der Waals surface area contributed by atoms with Crippen molar-refractivity contribution in [2.45, 2.75) is 59.3 Å². The molecule has 1 aliphatic heterocycles. The SMILES string of the molecule is CC(C)c1ccccc1N1C/C=C\C=C/CN=C1c1cccc(-c2nc(-c3cccc(-c4nc5ccccc5n4-c4ccccc4C(C)C)c3)nc(-c3cccc(-c4nc5ccccc5n4-c4ccccc4C(C)C)c3)n2)c1. The van der Waals surface area contributed by atoms with Crippen molar-refractivity contribution < 1.29 is 0 Å². The second kappa shape index (κ2) is 21.4. The maximum Gasteiger partial charge on any atom is 0.164 e. The lowest BCUT2D eigenvalue weighted by atomic mass is 9.99. The molecular weight excluding hydrogens is 955 g/mol. The van der Waals surface area contributed by atoms with Gasteiger partial charge in [0.1, 0.15) is 17.5 Å². The number of fused-ring (bicyclic) bond motifs is 2. The number of para-hydroxylation sites is 7. The molecule has 4 heterocycles. The van der Waals surface area contributed by atoms with Crippen LogP contribution in [0, 0.1) is 0 Å². The zero-order valence-electron chi connectivity index (χ0n) is 45.0. The standard InChI is InChI=1S/C69H61N9/c1-45(2)54-30-9-14-35-59(54)76-41-20-8-7-19-40-70-67(76)51-27-21-24-48(42-51)64-73-65(49-25-22-28-52(43-49)68-71-57-33-12-17-38-62(57)77(68)60-36-15-10-31-55(60)46(3)4)75-66(74-64)50-26-23-29-53(44-50)69-72-58-34-13-18-39-63(58)78(69)61-37-16-11-32-56(61)47(5)6/h7-39,42-47H,40-41H2,1-6H3/b19-7-,20-8-,70-67?. The minimum atomic E-state index is 0.298. The molecule has 1 aliphatic rings. The molecule has 382 valence electrons. The third-order valence-electron chi connectivity index (χ3n) is 14.6. The number of aromatic nitrogens is 7. The zero-order chi connectivity index (χ0) is 53.3. The number of rotatable bonds is 12. The van der Waals surface area contributed by atoms with Gasteiger partial charge in [-0.25, -0.2) is 24.9 Å². The summed E-state index contributed by atoms with van der Waals surface area (Å²) < 4.78 is 4.60. The van der Waals surface area contributed by atoms with E-state index in [0.29, 0.717) is 48.3 Å². The van der Waals surface area contributed by atoms with Crippen LogP contribution in [0.2, 0.25) is 0 Å². The Kier molecular flexibility index (Phi) is 13.6. The minimum Gasteiger partial charge on any atom is -0.322 e. The summed E-state index contributed by atoms with van der Waals surface area (Å²) in [6.07, 6.45) is 8.48. The molecule has 8 aromatic carbocycles. The van der Waals surface area contributed by atoms with Crippen LogP contribution in [-0.4, -0.2) is 53.0 Å². The second-order valence-corrected chi connectivity index (χ2v) is 20.8. The van der Waals surface area contributed by atoms with Crippen LogP contribution in [-0.2, 0) is 0 Å². The highest BCUT2D eigenvalue weighted by atomic mass is 15.2. The smallest absolute Gasteiger partial charge is 0.164 e. The monoisotopic (exact) mass is 1020 g/mol. The summed E-state index contributed by atoms with van der Waals surface area (Å²) >= 11 is 0. The Morgan fingerprint density at radius 3 is 1.23 bits per heavy atom. The minimum absolute atomic E-state index is 0.298. The van der Waals surface area contributed by atoms with Gasteiger partial charge in [-0.15, -0.1) is 0 Å². The Bertz CT molecular complexity index is 3920. The Balaban J connectivity index is 1.04. The van der Waals surface area contributed by atoms with Gasteiger partial charge in [-0.1, -0.05) is 199 Å². The van der Waals surface area contributed by atoms with Crippen molar-refractivity contribution >= 4 is 33.6 Å².